The van der Waals surface area contributed by atoms with Gasteiger partial charge in [-0.3, -0.25) is 0 Å². The van der Waals surface area contributed by atoms with Gasteiger partial charge in [-0.2, -0.15) is 5.10 Å². The molecule has 3 aromatic carbocycles. The first-order valence-electron chi connectivity index (χ1n) is 13.3. The summed E-state index contributed by atoms with van der Waals surface area (Å²) in [5.74, 6) is -1.07. The molecule has 6 rings (SSSR count). The lowest BCUT2D eigenvalue weighted by molar-refractivity contribution is 0.0316. The van der Waals surface area contributed by atoms with Crippen LogP contribution in [0.3, 0.4) is 0 Å². The number of aromatic carboxylic acids is 1. The number of rotatable bonds is 7. The molecule has 5 aromatic rings. The number of benzene rings is 3. The molecule has 7 nitrogen and oxygen atoms in total. The number of aromatic nitrogens is 3. The van der Waals surface area contributed by atoms with Gasteiger partial charge in [0, 0.05) is 18.8 Å². The molecule has 0 saturated carbocycles. The van der Waals surface area contributed by atoms with Crippen LogP contribution < -0.4 is 4.90 Å². The van der Waals surface area contributed by atoms with Gasteiger partial charge in [-0.1, -0.05) is 60.7 Å². The summed E-state index contributed by atoms with van der Waals surface area (Å²) in [5.41, 5.74) is 6.22. The Kier molecular flexibility index (Phi) is 6.82. The Hall–Kier alpha value is -4.49. The van der Waals surface area contributed by atoms with Gasteiger partial charge in [-0.25, -0.2) is 14.5 Å². The van der Waals surface area contributed by atoms with E-state index in [1.54, 1.807) is 10.7 Å². The molecule has 1 aliphatic heterocycles. The van der Waals surface area contributed by atoms with Gasteiger partial charge >= 0.3 is 5.97 Å². The molecule has 1 saturated heterocycles. The van der Waals surface area contributed by atoms with E-state index in [4.69, 9.17) is 9.84 Å². The van der Waals surface area contributed by atoms with Crippen LogP contribution in [-0.2, 0) is 11.3 Å². The lowest BCUT2D eigenvalue weighted by Crippen LogP contribution is -2.39. The van der Waals surface area contributed by atoms with Gasteiger partial charge in [0.05, 0.1) is 29.5 Å². The normalized spacial score (nSPS) is 15.5. The van der Waals surface area contributed by atoms with Crippen molar-refractivity contribution in [3.8, 4) is 16.8 Å². The quantitative estimate of drug-likeness (QED) is 0.273. The van der Waals surface area contributed by atoms with Crippen molar-refractivity contribution in [3.05, 3.63) is 108 Å². The van der Waals surface area contributed by atoms with E-state index in [0.717, 1.165) is 59.5 Å². The van der Waals surface area contributed by atoms with Crippen molar-refractivity contribution in [2.75, 3.05) is 18.0 Å². The Balaban J connectivity index is 1.28. The molecule has 1 N–H and O–H groups in total. The maximum Gasteiger partial charge on any atom is 0.354 e. The van der Waals surface area contributed by atoms with Crippen molar-refractivity contribution in [1.29, 1.82) is 0 Å². The summed E-state index contributed by atoms with van der Waals surface area (Å²) < 4.78 is 7.96. The second-order valence-electron chi connectivity index (χ2n) is 9.95. The standard InChI is InChI=1S/C32H30N4O3/c1-22-30-28(19-29(32(37)38)33-31(30)36(34-22)26-11-6-3-7-12-26)24-14-16-25(17-15-24)35-18-8-13-27(20-35)39-21-23-9-4-2-5-10-23/h2-7,9-12,14-17,19,27H,8,13,18,20-21H2,1H3,(H,37,38). The van der Waals surface area contributed by atoms with Crippen LogP contribution in [0.1, 0.15) is 34.6 Å². The molecule has 3 heterocycles. The van der Waals surface area contributed by atoms with Crippen LogP contribution in [0.4, 0.5) is 5.69 Å². The number of carbonyl (C=O) groups is 1. The fourth-order valence-corrected chi connectivity index (χ4v) is 5.32. The third kappa shape index (κ3) is 5.13. The number of nitrogens with zero attached hydrogens (tertiary/aromatic N) is 4. The maximum atomic E-state index is 12.0. The molecule has 0 amide bonds. The number of hydrogen-bond acceptors (Lipinski definition) is 5. The summed E-state index contributed by atoms with van der Waals surface area (Å²) in [5, 5.41) is 15.4. The van der Waals surface area contributed by atoms with Crippen LogP contribution in [0.5, 0.6) is 0 Å². The summed E-state index contributed by atoms with van der Waals surface area (Å²) in [6, 6.07) is 29.9. The van der Waals surface area contributed by atoms with Crippen LogP contribution in [0.25, 0.3) is 27.8 Å². The summed E-state index contributed by atoms with van der Waals surface area (Å²) in [6.45, 7) is 4.39. The molecule has 1 aliphatic rings. The predicted molar refractivity (Wildman–Crippen MR) is 152 cm³/mol. The van der Waals surface area contributed by atoms with E-state index < -0.39 is 5.97 Å². The minimum Gasteiger partial charge on any atom is -0.477 e. The number of aryl methyl sites for hydroxylation is 1. The van der Waals surface area contributed by atoms with Crippen molar-refractivity contribution in [2.24, 2.45) is 0 Å². The van der Waals surface area contributed by atoms with E-state index in [1.165, 1.54) is 5.56 Å². The maximum absolute atomic E-state index is 12.0. The first-order valence-corrected chi connectivity index (χ1v) is 13.3. The summed E-state index contributed by atoms with van der Waals surface area (Å²) in [6.07, 6.45) is 2.31. The summed E-state index contributed by atoms with van der Waals surface area (Å²) in [4.78, 5) is 18.9. The van der Waals surface area contributed by atoms with E-state index in [2.05, 4.69) is 46.3 Å². The van der Waals surface area contributed by atoms with Crippen molar-refractivity contribution in [3.63, 3.8) is 0 Å². The Morgan fingerprint density at radius 1 is 0.974 bits per heavy atom. The number of anilines is 1. The van der Waals surface area contributed by atoms with Gasteiger partial charge < -0.3 is 14.7 Å². The molecule has 1 atom stereocenters. The zero-order valence-electron chi connectivity index (χ0n) is 21.8. The number of ether oxygens (including phenoxy) is 1. The Morgan fingerprint density at radius 2 is 1.69 bits per heavy atom. The van der Waals surface area contributed by atoms with E-state index in [0.29, 0.717) is 12.3 Å². The van der Waals surface area contributed by atoms with Crippen LogP contribution in [0.2, 0.25) is 0 Å². The molecule has 39 heavy (non-hydrogen) atoms. The molecule has 1 fully saturated rings. The monoisotopic (exact) mass is 518 g/mol. The molecule has 7 heteroatoms. The van der Waals surface area contributed by atoms with Crippen LogP contribution in [0, 0.1) is 6.92 Å². The number of carboxylic acid groups (broad SMARTS) is 1. The van der Waals surface area contributed by atoms with E-state index in [1.807, 2.05) is 55.5 Å². The number of para-hydroxylation sites is 1. The minimum atomic E-state index is -1.07. The molecular formula is C32H30N4O3. The van der Waals surface area contributed by atoms with Gasteiger partial charge in [0.2, 0.25) is 0 Å². The molecule has 1 unspecified atom stereocenters. The van der Waals surface area contributed by atoms with Crippen LogP contribution >= 0.6 is 0 Å². The minimum absolute atomic E-state index is 0.00639. The molecule has 0 bridgehead atoms. The van der Waals surface area contributed by atoms with Gasteiger partial charge in [0.25, 0.3) is 0 Å². The topological polar surface area (TPSA) is 80.5 Å². The van der Waals surface area contributed by atoms with Crippen LogP contribution in [-0.4, -0.2) is 45.0 Å². The molecule has 0 spiro atoms. The lowest BCUT2D eigenvalue weighted by atomic mass is 10.00. The number of carboxylic acids is 1. The zero-order chi connectivity index (χ0) is 26.8. The number of hydrogen-bond donors (Lipinski definition) is 1. The summed E-state index contributed by atoms with van der Waals surface area (Å²) in [7, 11) is 0. The molecular weight excluding hydrogens is 488 g/mol. The lowest BCUT2D eigenvalue weighted by Gasteiger charge is -2.34. The first-order chi connectivity index (χ1) is 19.1. The Bertz CT molecular complexity index is 1600. The van der Waals surface area contributed by atoms with Crippen molar-refractivity contribution >= 4 is 22.7 Å². The second-order valence-corrected chi connectivity index (χ2v) is 9.95. The average molecular weight is 519 g/mol. The fraction of sp³-hybridized carbons (Fsp3) is 0.219. The Morgan fingerprint density at radius 3 is 2.41 bits per heavy atom. The van der Waals surface area contributed by atoms with Crippen molar-refractivity contribution in [2.45, 2.75) is 32.5 Å². The molecule has 2 aromatic heterocycles. The van der Waals surface area contributed by atoms with Gasteiger partial charge in [-0.15, -0.1) is 0 Å². The highest BCUT2D eigenvalue weighted by atomic mass is 16.5. The zero-order valence-corrected chi connectivity index (χ0v) is 21.8. The third-order valence-corrected chi connectivity index (χ3v) is 7.28. The Labute approximate surface area is 227 Å². The van der Waals surface area contributed by atoms with Gasteiger partial charge in [0.1, 0.15) is 0 Å². The van der Waals surface area contributed by atoms with Crippen molar-refractivity contribution < 1.29 is 14.6 Å². The largest absolute Gasteiger partial charge is 0.477 e. The van der Waals surface area contributed by atoms with E-state index >= 15 is 0 Å². The fourth-order valence-electron chi connectivity index (χ4n) is 5.32. The van der Waals surface area contributed by atoms with Crippen molar-refractivity contribution in [1.82, 2.24) is 14.8 Å². The number of piperidine rings is 1. The highest BCUT2D eigenvalue weighted by molar-refractivity contribution is 6.00. The highest BCUT2D eigenvalue weighted by Crippen LogP contribution is 2.34. The molecule has 0 aliphatic carbocycles. The number of pyridine rings is 1. The van der Waals surface area contributed by atoms with E-state index in [9.17, 15) is 9.90 Å². The van der Waals surface area contributed by atoms with Gasteiger partial charge in [-0.05, 0) is 66.8 Å². The SMILES string of the molecule is Cc1nn(-c2ccccc2)c2nc(C(=O)O)cc(-c3ccc(N4CCCC(OCc5ccccc5)C4)cc3)c12. The predicted octanol–water partition coefficient (Wildman–Crippen LogP) is 6.28. The van der Waals surface area contributed by atoms with E-state index in [-0.39, 0.29) is 11.8 Å². The van der Waals surface area contributed by atoms with Gasteiger partial charge in [0.15, 0.2) is 11.3 Å². The first kappa shape index (κ1) is 24.8. The third-order valence-electron chi connectivity index (χ3n) is 7.28. The van der Waals surface area contributed by atoms with Crippen LogP contribution in [0.15, 0.2) is 91.0 Å². The molecule has 196 valence electrons. The molecule has 0 radical (unpaired) electrons. The second kappa shape index (κ2) is 10.7. The highest BCUT2D eigenvalue weighted by Gasteiger charge is 2.22. The average Bonchev–Trinajstić information content (AvgIpc) is 3.33. The number of fused-ring (bicyclic) bond motifs is 1. The summed E-state index contributed by atoms with van der Waals surface area (Å²) >= 11 is 0. The smallest absolute Gasteiger partial charge is 0.354 e.